The smallest absolute Gasteiger partial charge is 0.228 e. The summed E-state index contributed by atoms with van der Waals surface area (Å²) >= 11 is 2.36. The summed E-state index contributed by atoms with van der Waals surface area (Å²) in [6, 6.07) is 7.39. The quantitative estimate of drug-likeness (QED) is 0.617. The Hall–Kier alpha value is -0.780. The lowest BCUT2D eigenvalue weighted by Crippen LogP contribution is -2.27. The standard InChI is InChI=1S/C14H20INO2/c1-4-5-13(15)10(2)14(17)16-11-6-8-12(18-3)9-7-11/h6-10,13H,4-5H2,1-3H3,(H,16,17)/t10-,13+/m0/s1. The Labute approximate surface area is 122 Å². The summed E-state index contributed by atoms with van der Waals surface area (Å²) in [5.74, 6) is 0.888. The second kappa shape index (κ2) is 7.61. The number of halogens is 1. The first-order valence-corrected chi connectivity index (χ1v) is 7.42. The zero-order valence-corrected chi connectivity index (χ0v) is 13.2. The molecule has 1 N–H and O–H groups in total. The highest BCUT2D eigenvalue weighted by atomic mass is 127. The third kappa shape index (κ3) is 4.48. The van der Waals surface area contributed by atoms with Gasteiger partial charge in [0.05, 0.1) is 7.11 Å². The van der Waals surface area contributed by atoms with Crippen LogP contribution >= 0.6 is 22.6 Å². The molecule has 1 amide bonds. The van der Waals surface area contributed by atoms with Crippen LogP contribution in [0.15, 0.2) is 24.3 Å². The van der Waals surface area contributed by atoms with E-state index in [4.69, 9.17) is 4.74 Å². The minimum absolute atomic E-state index is 0.0210. The lowest BCUT2D eigenvalue weighted by atomic mass is 10.0. The number of amides is 1. The first kappa shape index (κ1) is 15.3. The minimum atomic E-state index is 0.0210. The molecule has 0 aliphatic rings. The molecule has 0 aromatic heterocycles. The summed E-state index contributed by atoms with van der Waals surface area (Å²) in [7, 11) is 1.63. The van der Waals surface area contributed by atoms with E-state index in [0.29, 0.717) is 3.92 Å². The lowest BCUT2D eigenvalue weighted by molar-refractivity contribution is -0.119. The van der Waals surface area contributed by atoms with Crippen molar-refractivity contribution in [2.75, 3.05) is 12.4 Å². The molecule has 1 rings (SSSR count). The number of alkyl halides is 1. The number of carbonyl (C=O) groups excluding carboxylic acids is 1. The summed E-state index contributed by atoms with van der Waals surface area (Å²) in [4.78, 5) is 12.0. The van der Waals surface area contributed by atoms with Crippen LogP contribution in [0.5, 0.6) is 5.75 Å². The van der Waals surface area contributed by atoms with Gasteiger partial charge in [0.1, 0.15) is 5.75 Å². The Morgan fingerprint density at radius 1 is 1.39 bits per heavy atom. The van der Waals surface area contributed by atoms with Crippen molar-refractivity contribution >= 4 is 34.2 Å². The maximum absolute atomic E-state index is 12.0. The van der Waals surface area contributed by atoms with Crippen LogP contribution in [-0.2, 0) is 4.79 Å². The van der Waals surface area contributed by atoms with E-state index in [0.717, 1.165) is 24.3 Å². The van der Waals surface area contributed by atoms with E-state index in [1.807, 2.05) is 31.2 Å². The van der Waals surface area contributed by atoms with E-state index < -0.39 is 0 Å². The molecule has 0 spiro atoms. The van der Waals surface area contributed by atoms with Crippen LogP contribution in [0.25, 0.3) is 0 Å². The van der Waals surface area contributed by atoms with Crippen LogP contribution in [0.4, 0.5) is 5.69 Å². The fourth-order valence-electron chi connectivity index (χ4n) is 1.62. The highest BCUT2D eigenvalue weighted by molar-refractivity contribution is 14.1. The molecule has 3 nitrogen and oxygen atoms in total. The van der Waals surface area contributed by atoms with Crippen LogP contribution in [-0.4, -0.2) is 16.9 Å². The molecule has 0 radical (unpaired) electrons. The van der Waals surface area contributed by atoms with Crippen molar-refractivity contribution < 1.29 is 9.53 Å². The van der Waals surface area contributed by atoms with Gasteiger partial charge in [-0.3, -0.25) is 4.79 Å². The molecule has 0 fully saturated rings. The van der Waals surface area contributed by atoms with Gasteiger partial charge in [-0.2, -0.15) is 0 Å². The van der Waals surface area contributed by atoms with E-state index in [2.05, 4.69) is 34.8 Å². The Kier molecular flexibility index (Phi) is 6.46. The van der Waals surface area contributed by atoms with Gasteiger partial charge < -0.3 is 10.1 Å². The average Bonchev–Trinajstić information content (AvgIpc) is 2.39. The molecule has 0 aliphatic heterocycles. The summed E-state index contributed by atoms with van der Waals surface area (Å²) in [6.07, 6.45) is 2.17. The summed E-state index contributed by atoms with van der Waals surface area (Å²) in [6.45, 7) is 4.12. The summed E-state index contributed by atoms with van der Waals surface area (Å²) < 4.78 is 5.46. The molecule has 2 atom stereocenters. The number of carbonyl (C=O) groups is 1. The van der Waals surface area contributed by atoms with Crippen LogP contribution in [0.3, 0.4) is 0 Å². The van der Waals surface area contributed by atoms with E-state index in [1.54, 1.807) is 7.11 Å². The number of anilines is 1. The van der Waals surface area contributed by atoms with Crippen molar-refractivity contribution in [1.82, 2.24) is 0 Å². The molecule has 1 aromatic rings. The molecule has 18 heavy (non-hydrogen) atoms. The van der Waals surface area contributed by atoms with Gasteiger partial charge >= 0.3 is 0 Å². The second-order valence-electron chi connectivity index (χ2n) is 4.31. The van der Waals surface area contributed by atoms with E-state index in [1.165, 1.54) is 0 Å². The molecule has 1 aromatic carbocycles. The van der Waals surface area contributed by atoms with E-state index in [9.17, 15) is 4.79 Å². The van der Waals surface area contributed by atoms with Gasteiger partial charge in [-0.15, -0.1) is 0 Å². The largest absolute Gasteiger partial charge is 0.497 e. The lowest BCUT2D eigenvalue weighted by Gasteiger charge is -2.17. The monoisotopic (exact) mass is 361 g/mol. The Balaban J connectivity index is 2.57. The fourth-order valence-corrected chi connectivity index (χ4v) is 2.57. The molecule has 0 saturated carbocycles. The van der Waals surface area contributed by atoms with Gasteiger partial charge in [0, 0.05) is 15.5 Å². The van der Waals surface area contributed by atoms with Crippen LogP contribution in [0, 0.1) is 5.92 Å². The highest BCUT2D eigenvalue weighted by Gasteiger charge is 2.20. The first-order valence-electron chi connectivity index (χ1n) is 6.17. The number of nitrogens with one attached hydrogen (secondary N) is 1. The molecule has 100 valence electrons. The number of benzene rings is 1. The predicted molar refractivity (Wildman–Crippen MR) is 83.5 cm³/mol. The number of hydrogen-bond acceptors (Lipinski definition) is 2. The van der Waals surface area contributed by atoms with Crippen molar-refractivity contribution in [1.29, 1.82) is 0 Å². The second-order valence-corrected chi connectivity index (χ2v) is 5.91. The number of rotatable bonds is 6. The molecule has 4 heteroatoms. The van der Waals surface area contributed by atoms with Crippen LogP contribution in [0.1, 0.15) is 26.7 Å². The van der Waals surface area contributed by atoms with Crippen molar-refractivity contribution in [2.45, 2.75) is 30.6 Å². The molecular formula is C14H20INO2. The minimum Gasteiger partial charge on any atom is -0.497 e. The van der Waals surface area contributed by atoms with E-state index >= 15 is 0 Å². The average molecular weight is 361 g/mol. The predicted octanol–water partition coefficient (Wildman–Crippen LogP) is 3.87. The molecule has 0 bridgehead atoms. The van der Waals surface area contributed by atoms with Gasteiger partial charge in [0.15, 0.2) is 0 Å². The van der Waals surface area contributed by atoms with Crippen LogP contribution in [0.2, 0.25) is 0 Å². The van der Waals surface area contributed by atoms with Gasteiger partial charge in [-0.25, -0.2) is 0 Å². The number of hydrogen-bond donors (Lipinski definition) is 1. The van der Waals surface area contributed by atoms with Gasteiger partial charge in [0.25, 0.3) is 0 Å². The molecular weight excluding hydrogens is 341 g/mol. The Bertz CT molecular complexity index is 378. The number of methoxy groups -OCH3 is 1. The number of ether oxygens (including phenoxy) is 1. The zero-order valence-electron chi connectivity index (χ0n) is 11.1. The zero-order chi connectivity index (χ0) is 13.5. The van der Waals surface area contributed by atoms with Gasteiger partial charge in [-0.05, 0) is 30.7 Å². The maximum Gasteiger partial charge on any atom is 0.228 e. The molecule has 0 heterocycles. The van der Waals surface area contributed by atoms with E-state index in [-0.39, 0.29) is 11.8 Å². The van der Waals surface area contributed by atoms with Gasteiger partial charge in [-0.1, -0.05) is 42.9 Å². The van der Waals surface area contributed by atoms with Crippen LogP contribution < -0.4 is 10.1 Å². The van der Waals surface area contributed by atoms with Crippen molar-refractivity contribution in [2.24, 2.45) is 5.92 Å². The maximum atomic E-state index is 12.0. The van der Waals surface area contributed by atoms with Crippen molar-refractivity contribution in [3.05, 3.63) is 24.3 Å². The summed E-state index contributed by atoms with van der Waals surface area (Å²) in [5, 5.41) is 2.93. The molecule has 0 saturated heterocycles. The fraction of sp³-hybridized carbons (Fsp3) is 0.500. The van der Waals surface area contributed by atoms with Crippen molar-refractivity contribution in [3.63, 3.8) is 0 Å². The highest BCUT2D eigenvalue weighted by Crippen LogP contribution is 2.21. The molecule has 0 aliphatic carbocycles. The third-order valence-corrected chi connectivity index (χ3v) is 4.58. The summed E-state index contributed by atoms with van der Waals surface area (Å²) in [5.41, 5.74) is 0.813. The topological polar surface area (TPSA) is 38.3 Å². The van der Waals surface area contributed by atoms with Gasteiger partial charge in [0.2, 0.25) is 5.91 Å². The molecule has 0 unspecified atom stereocenters. The third-order valence-electron chi connectivity index (χ3n) is 2.88. The Morgan fingerprint density at radius 3 is 2.50 bits per heavy atom. The van der Waals surface area contributed by atoms with Crippen molar-refractivity contribution in [3.8, 4) is 5.75 Å². The first-order chi connectivity index (χ1) is 8.58. The Morgan fingerprint density at radius 2 is 2.00 bits per heavy atom. The SMILES string of the molecule is CCC[C@@H](I)[C@H](C)C(=O)Nc1ccc(OC)cc1. The normalized spacial score (nSPS) is 13.8.